The molecule has 4 saturated carbocycles. The number of nitrogens with zero attached hydrogens (tertiary/aromatic N) is 1. The van der Waals surface area contributed by atoms with Gasteiger partial charge in [0.1, 0.15) is 0 Å². The van der Waals surface area contributed by atoms with Crippen LogP contribution in [0, 0.1) is 40.9 Å². The molecule has 5 aliphatic rings. The maximum atomic E-state index is 13.8. The summed E-state index contributed by atoms with van der Waals surface area (Å²) in [5.41, 5.74) is 11.5. The average molecular weight is 488 g/mol. The van der Waals surface area contributed by atoms with Crippen molar-refractivity contribution in [1.29, 1.82) is 5.41 Å². The molecule has 0 spiro atoms. The SMILES string of the molecule is N=C(N)C1CCC2CC(C(=O)N[C@H]3C4CCCCC4C[C@H]3O)N(CC3CCC(C(N)=O)CC3)C2C1. The Kier molecular flexibility index (Phi) is 7.40. The van der Waals surface area contributed by atoms with E-state index in [-0.39, 0.29) is 47.6 Å². The number of likely N-dealkylation sites (tertiary alicyclic amines) is 1. The van der Waals surface area contributed by atoms with Crippen LogP contribution >= 0.6 is 0 Å². The number of primary amides is 1. The van der Waals surface area contributed by atoms with Crippen LogP contribution in [0.15, 0.2) is 0 Å². The fourth-order valence-electron chi connectivity index (χ4n) is 8.48. The lowest BCUT2D eigenvalue weighted by atomic mass is 9.77. The molecule has 8 nitrogen and oxygen atoms in total. The maximum absolute atomic E-state index is 13.8. The van der Waals surface area contributed by atoms with Gasteiger partial charge in [-0.05, 0) is 87.9 Å². The van der Waals surface area contributed by atoms with Gasteiger partial charge in [0.15, 0.2) is 0 Å². The zero-order valence-electron chi connectivity index (χ0n) is 21.0. The van der Waals surface area contributed by atoms with E-state index >= 15 is 0 Å². The molecule has 5 rings (SSSR count). The number of carbonyl (C=O) groups is 2. The van der Waals surface area contributed by atoms with Gasteiger partial charge in [0, 0.05) is 24.4 Å². The van der Waals surface area contributed by atoms with E-state index in [1.165, 1.54) is 19.3 Å². The lowest BCUT2D eigenvalue weighted by molar-refractivity contribution is -0.128. The van der Waals surface area contributed by atoms with Crippen molar-refractivity contribution in [3.63, 3.8) is 0 Å². The van der Waals surface area contributed by atoms with Crippen LogP contribution in [0.25, 0.3) is 0 Å². The molecular weight excluding hydrogens is 442 g/mol. The molecule has 1 aliphatic heterocycles. The number of hydrogen-bond donors (Lipinski definition) is 5. The molecule has 0 aromatic rings. The second-order valence-corrected chi connectivity index (χ2v) is 12.4. The van der Waals surface area contributed by atoms with E-state index in [9.17, 15) is 14.7 Å². The van der Waals surface area contributed by atoms with Crippen LogP contribution in [-0.4, -0.2) is 58.4 Å². The third kappa shape index (κ3) is 5.10. The second-order valence-electron chi connectivity index (χ2n) is 12.4. The van der Waals surface area contributed by atoms with E-state index < -0.39 is 6.10 Å². The molecule has 8 atom stereocenters. The van der Waals surface area contributed by atoms with Crippen LogP contribution in [0.2, 0.25) is 0 Å². The number of amidine groups is 1. The summed E-state index contributed by atoms with van der Waals surface area (Å²) in [5.74, 6) is 2.13. The highest BCUT2D eigenvalue weighted by Crippen LogP contribution is 2.45. The molecule has 4 aliphatic carbocycles. The van der Waals surface area contributed by atoms with E-state index in [1.54, 1.807) is 0 Å². The zero-order chi connectivity index (χ0) is 24.7. The first kappa shape index (κ1) is 25.0. The first-order valence-corrected chi connectivity index (χ1v) is 14.2. The van der Waals surface area contributed by atoms with Gasteiger partial charge in [-0.2, -0.15) is 0 Å². The smallest absolute Gasteiger partial charge is 0.237 e. The van der Waals surface area contributed by atoms with Crippen molar-refractivity contribution in [2.75, 3.05) is 6.54 Å². The highest BCUT2D eigenvalue weighted by Gasteiger charge is 2.50. The zero-order valence-corrected chi connectivity index (χ0v) is 21.0. The molecule has 0 radical (unpaired) electrons. The van der Waals surface area contributed by atoms with Crippen LogP contribution in [0.3, 0.4) is 0 Å². The van der Waals surface area contributed by atoms with Gasteiger partial charge in [0.2, 0.25) is 11.8 Å². The molecule has 0 aromatic carbocycles. The Labute approximate surface area is 209 Å². The van der Waals surface area contributed by atoms with E-state index in [1.807, 2.05) is 0 Å². The molecule has 1 heterocycles. The quantitative estimate of drug-likeness (QED) is 0.288. The number of nitrogens with two attached hydrogens (primary N) is 2. The Balaban J connectivity index is 1.29. The molecule has 0 aromatic heterocycles. The lowest BCUT2D eigenvalue weighted by Gasteiger charge is -2.40. The minimum Gasteiger partial charge on any atom is -0.391 e. The molecule has 0 bridgehead atoms. The van der Waals surface area contributed by atoms with Crippen molar-refractivity contribution >= 4 is 17.6 Å². The highest BCUT2D eigenvalue weighted by molar-refractivity contribution is 5.83. The van der Waals surface area contributed by atoms with Crippen LogP contribution in [0.1, 0.15) is 83.5 Å². The van der Waals surface area contributed by atoms with Gasteiger partial charge in [-0.15, -0.1) is 0 Å². The summed E-state index contributed by atoms with van der Waals surface area (Å²) in [5, 5.41) is 22.2. The largest absolute Gasteiger partial charge is 0.391 e. The van der Waals surface area contributed by atoms with Crippen molar-refractivity contribution in [2.45, 2.75) is 108 Å². The van der Waals surface area contributed by atoms with E-state index in [0.717, 1.165) is 70.8 Å². The molecule has 6 unspecified atom stereocenters. The minimum absolute atomic E-state index is 0.0132. The summed E-state index contributed by atoms with van der Waals surface area (Å²) < 4.78 is 0. The number of aliphatic hydroxyl groups is 1. The monoisotopic (exact) mass is 487 g/mol. The Hall–Kier alpha value is -1.67. The van der Waals surface area contributed by atoms with Crippen molar-refractivity contribution in [2.24, 2.45) is 47.0 Å². The number of carbonyl (C=O) groups excluding carboxylic acids is 2. The van der Waals surface area contributed by atoms with Crippen LogP contribution in [0.4, 0.5) is 0 Å². The fourth-order valence-corrected chi connectivity index (χ4v) is 8.48. The summed E-state index contributed by atoms with van der Waals surface area (Å²) in [7, 11) is 0. The molecular formula is C27H45N5O3. The van der Waals surface area contributed by atoms with E-state index in [4.69, 9.17) is 16.9 Å². The van der Waals surface area contributed by atoms with Gasteiger partial charge in [-0.25, -0.2) is 0 Å². The van der Waals surface area contributed by atoms with E-state index in [2.05, 4.69) is 10.2 Å². The average Bonchev–Trinajstić information content (AvgIpc) is 3.36. The van der Waals surface area contributed by atoms with Crippen LogP contribution in [-0.2, 0) is 9.59 Å². The Morgan fingerprint density at radius 2 is 1.60 bits per heavy atom. The molecule has 35 heavy (non-hydrogen) atoms. The number of hydrogen-bond acceptors (Lipinski definition) is 5. The third-order valence-corrected chi connectivity index (χ3v) is 10.5. The Morgan fingerprint density at radius 1 is 0.886 bits per heavy atom. The third-order valence-electron chi connectivity index (χ3n) is 10.5. The number of rotatable bonds is 6. The first-order chi connectivity index (χ1) is 16.8. The summed E-state index contributed by atoms with van der Waals surface area (Å²) >= 11 is 0. The predicted octanol–water partition coefficient (Wildman–Crippen LogP) is 2.13. The standard InChI is InChI=1S/C27H45N5O3/c28-25(29)19-10-9-18-11-22(27(35)31-24-20-4-2-1-3-17(20)13-23(24)33)32(21(18)12-19)14-15-5-7-16(8-6-15)26(30)34/h15-24,33H,1-14H2,(H3,28,29)(H2,30,34)(H,31,35)/t15?,16?,17?,18?,19?,20?,21?,22?,23-,24+/m1/s1. The maximum Gasteiger partial charge on any atom is 0.237 e. The number of aliphatic hydroxyl groups excluding tert-OH is 1. The minimum atomic E-state index is -0.435. The van der Waals surface area contributed by atoms with Crippen molar-refractivity contribution < 1.29 is 14.7 Å². The molecule has 7 N–H and O–H groups in total. The second kappa shape index (κ2) is 10.4. The van der Waals surface area contributed by atoms with Gasteiger partial charge < -0.3 is 21.9 Å². The van der Waals surface area contributed by atoms with Crippen molar-refractivity contribution in [3.8, 4) is 0 Å². The van der Waals surface area contributed by atoms with Gasteiger partial charge >= 0.3 is 0 Å². The van der Waals surface area contributed by atoms with Gasteiger partial charge in [0.05, 0.1) is 24.0 Å². The normalized spacial score (nSPS) is 43.8. The molecule has 8 heteroatoms. The fraction of sp³-hybridized carbons (Fsp3) is 0.889. The van der Waals surface area contributed by atoms with Gasteiger partial charge in [-0.1, -0.05) is 19.3 Å². The number of nitrogens with one attached hydrogen (secondary N) is 2. The Morgan fingerprint density at radius 3 is 2.31 bits per heavy atom. The summed E-state index contributed by atoms with van der Waals surface area (Å²) in [6.45, 7) is 0.856. The van der Waals surface area contributed by atoms with Crippen LogP contribution < -0.4 is 16.8 Å². The molecule has 2 amide bonds. The van der Waals surface area contributed by atoms with Crippen molar-refractivity contribution in [3.05, 3.63) is 0 Å². The Bertz CT molecular complexity index is 813. The van der Waals surface area contributed by atoms with E-state index in [0.29, 0.717) is 23.7 Å². The first-order valence-electron chi connectivity index (χ1n) is 14.2. The number of fused-ring (bicyclic) bond motifs is 2. The number of amides is 2. The highest BCUT2D eigenvalue weighted by atomic mass is 16.3. The molecule has 1 saturated heterocycles. The van der Waals surface area contributed by atoms with Gasteiger partial charge in [0.25, 0.3) is 0 Å². The summed E-state index contributed by atoms with van der Waals surface area (Å²) in [6.07, 6.45) is 12.4. The molecule has 196 valence electrons. The predicted molar refractivity (Wildman–Crippen MR) is 134 cm³/mol. The summed E-state index contributed by atoms with van der Waals surface area (Å²) in [6, 6.07) is -0.0224. The molecule has 5 fully saturated rings. The van der Waals surface area contributed by atoms with Crippen molar-refractivity contribution in [1.82, 2.24) is 10.2 Å². The topological polar surface area (TPSA) is 146 Å². The van der Waals surface area contributed by atoms with Crippen LogP contribution in [0.5, 0.6) is 0 Å². The van der Waals surface area contributed by atoms with Gasteiger partial charge in [-0.3, -0.25) is 19.9 Å². The summed E-state index contributed by atoms with van der Waals surface area (Å²) in [4.78, 5) is 27.8. The lowest BCUT2D eigenvalue weighted by Crippen LogP contribution is -2.54.